The summed E-state index contributed by atoms with van der Waals surface area (Å²) in [6, 6.07) is 2.59. The summed E-state index contributed by atoms with van der Waals surface area (Å²) in [6.07, 6.45) is 6.03. The van der Waals surface area contributed by atoms with Crippen LogP contribution in [0.2, 0.25) is 0 Å². The molecule has 94 valence electrons. The van der Waals surface area contributed by atoms with Crippen LogP contribution in [0.1, 0.15) is 12.8 Å². The van der Waals surface area contributed by atoms with Gasteiger partial charge in [0.2, 0.25) is 0 Å². The van der Waals surface area contributed by atoms with Gasteiger partial charge in [0.1, 0.15) is 11.9 Å². The third-order valence-electron chi connectivity index (χ3n) is 2.55. The predicted molar refractivity (Wildman–Crippen MR) is 69.3 cm³/mol. The highest BCUT2D eigenvalue weighted by Gasteiger charge is 2.22. The molecule has 1 atom stereocenters. The van der Waals surface area contributed by atoms with Crippen molar-refractivity contribution in [2.75, 3.05) is 20.3 Å². The fourth-order valence-corrected chi connectivity index (χ4v) is 1.90. The first kappa shape index (κ1) is 12.8. The molecule has 0 spiro atoms. The van der Waals surface area contributed by atoms with Crippen molar-refractivity contribution in [1.29, 1.82) is 0 Å². The Morgan fingerprint density at radius 2 is 2.35 bits per heavy atom. The number of nitrogens with zero attached hydrogens (tertiary/aromatic N) is 1. The second-order valence-electron chi connectivity index (χ2n) is 4.22. The lowest BCUT2D eigenvalue weighted by molar-refractivity contribution is 0.0801. The molecule has 4 nitrogen and oxygen atoms in total. The fourth-order valence-electron chi connectivity index (χ4n) is 1.56. The van der Waals surface area contributed by atoms with E-state index in [2.05, 4.69) is 26.2 Å². The van der Waals surface area contributed by atoms with Gasteiger partial charge in [0.15, 0.2) is 0 Å². The van der Waals surface area contributed by atoms with Crippen LogP contribution in [0.25, 0.3) is 0 Å². The Kier molecular flexibility index (Phi) is 4.76. The van der Waals surface area contributed by atoms with Crippen molar-refractivity contribution in [3.8, 4) is 5.75 Å². The molecule has 1 N–H and O–H groups in total. The van der Waals surface area contributed by atoms with Crippen LogP contribution in [-0.2, 0) is 4.74 Å². The molecule has 0 bridgehead atoms. The molecular weight excluding hydrogens is 284 g/mol. The van der Waals surface area contributed by atoms with Crippen molar-refractivity contribution in [2.45, 2.75) is 25.0 Å². The first-order valence-corrected chi connectivity index (χ1v) is 6.57. The van der Waals surface area contributed by atoms with Gasteiger partial charge in [-0.15, -0.1) is 0 Å². The van der Waals surface area contributed by atoms with Gasteiger partial charge in [-0.1, -0.05) is 0 Å². The minimum atomic E-state index is 0.0247. The number of hydrogen-bond acceptors (Lipinski definition) is 4. The van der Waals surface area contributed by atoms with Gasteiger partial charge in [-0.25, -0.2) is 0 Å². The van der Waals surface area contributed by atoms with Gasteiger partial charge in [-0.2, -0.15) is 0 Å². The topological polar surface area (TPSA) is 43.4 Å². The van der Waals surface area contributed by atoms with E-state index in [1.807, 2.05) is 6.07 Å². The van der Waals surface area contributed by atoms with E-state index in [4.69, 9.17) is 9.47 Å². The molecule has 1 aromatic heterocycles. The van der Waals surface area contributed by atoms with Crippen LogP contribution < -0.4 is 10.1 Å². The van der Waals surface area contributed by atoms with E-state index in [-0.39, 0.29) is 6.10 Å². The average molecular weight is 301 g/mol. The van der Waals surface area contributed by atoms with E-state index < -0.39 is 0 Å². The summed E-state index contributed by atoms with van der Waals surface area (Å²) in [7, 11) is 1.69. The van der Waals surface area contributed by atoms with Crippen molar-refractivity contribution in [2.24, 2.45) is 0 Å². The molecule has 0 saturated heterocycles. The van der Waals surface area contributed by atoms with Crippen LogP contribution in [0.15, 0.2) is 22.9 Å². The molecule has 1 heterocycles. The van der Waals surface area contributed by atoms with Crippen molar-refractivity contribution < 1.29 is 9.47 Å². The number of nitrogens with one attached hydrogen (secondary N) is 1. The minimum Gasteiger partial charge on any atom is -0.485 e. The van der Waals surface area contributed by atoms with Gasteiger partial charge >= 0.3 is 0 Å². The van der Waals surface area contributed by atoms with E-state index in [9.17, 15) is 0 Å². The Hall–Kier alpha value is -0.650. The fraction of sp³-hybridized carbons (Fsp3) is 0.583. The monoisotopic (exact) mass is 300 g/mol. The van der Waals surface area contributed by atoms with Crippen molar-refractivity contribution in [1.82, 2.24) is 10.3 Å². The number of ether oxygens (including phenoxy) is 2. The Bertz CT molecular complexity index is 358. The maximum Gasteiger partial charge on any atom is 0.139 e. The highest BCUT2D eigenvalue weighted by molar-refractivity contribution is 9.10. The summed E-state index contributed by atoms with van der Waals surface area (Å²) in [5, 5.41) is 3.44. The van der Waals surface area contributed by atoms with Crippen LogP contribution in [0.5, 0.6) is 5.75 Å². The van der Waals surface area contributed by atoms with Crippen LogP contribution in [0.4, 0.5) is 0 Å². The largest absolute Gasteiger partial charge is 0.485 e. The number of pyridine rings is 1. The summed E-state index contributed by atoms with van der Waals surface area (Å²) in [4.78, 5) is 4.07. The standard InChI is InChI=1S/C12H17BrN2O2/c1-16-8-12(7-15-10-2-3-10)17-11-4-9(13)5-14-6-11/h4-6,10,12,15H,2-3,7-8H2,1H3. The van der Waals surface area contributed by atoms with E-state index in [0.29, 0.717) is 12.6 Å². The third-order valence-corrected chi connectivity index (χ3v) is 2.98. The van der Waals surface area contributed by atoms with Crippen LogP contribution in [0, 0.1) is 0 Å². The third kappa shape index (κ3) is 4.61. The molecule has 0 aliphatic heterocycles. The first-order chi connectivity index (χ1) is 8.28. The maximum absolute atomic E-state index is 5.83. The normalized spacial score (nSPS) is 16.8. The van der Waals surface area contributed by atoms with Crippen LogP contribution in [0.3, 0.4) is 0 Å². The van der Waals surface area contributed by atoms with E-state index in [1.54, 1.807) is 19.5 Å². The minimum absolute atomic E-state index is 0.0247. The molecule has 1 unspecified atom stereocenters. The maximum atomic E-state index is 5.83. The molecule has 1 aliphatic rings. The molecule has 2 rings (SSSR count). The van der Waals surface area contributed by atoms with Gasteiger partial charge in [0.05, 0.1) is 12.8 Å². The Labute approximate surface area is 110 Å². The van der Waals surface area contributed by atoms with Crippen molar-refractivity contribution in [3.63, 3.8) is 0 Å². The van der Waals surface area contributed by atoms with Gasteiger partial charge in [0.25, 0.3) is 0 Å². The van der Waals surface area contributed by atoms with Gasteiger partial charge in [0, 0.05) is 30.4 Å². The predicted octanol–water partition coefficient (Wildman–Crippen LogP) is 1.99. The van der Waals surface area contributed by atoms with Gasteiger partial charge in [-0.05, 0) is 34.8 Å². The molecule has 0 amide bonds. The molecule has 0 aromatic carbocycles. The number of rotatable bonds is 7. The molecule has 0 radical (unpaired) electrons. The molecule has 1 aliphatic carbocycles. The van der Waals surface area contributed by atoms with Crippen molar-refractivity contribution in [3.05, 3.63) is 22.9 Å². The van der Waals surface area contributed by atoms with E-state index in [0.717, 1.165) is 16.8 Å². The zero-order valence-corrected chi connectivity index (χ0v) is 11.4. The zero-order chi connectivity index (χ0) is 12.1. The highest BCUT2D eigenvalue weighted by atomic mass is 79.9. The Morgan fingerprint density at radius 1 is 1.53 bits per heavy atom. The molecular formula is C12H17BrN2O2. The van der Waals surface area contributed by atoms with Gasteiger partial charge in [-0.3, -0.25) is 4.98 Å². The average Bonchev–Trinajstić information content (AvgIpc) is 3.10. The number of halogens is 1. The molecule has 17 heavy (non-hydrogen) atoms. The SMILES string of the molecule is COCC(CNC1CC1)Oc1cncc(Br)c1. The summed E-state index contributed by atoms with van der Waals surface area (Å²) in [5.74, 6) is 0.763. The van der Waals surface area contributed by atoms with Crippen LogP contribution >= 0.6 is 15.9 Å². The quantitative estimate of drug-likeness (QED) is 0.836. The second-order valence-corrected chi connectivity index (χ2v) is 5.13. The van der Waals surface area contributed by atoms with E-state index in [1.165, 1.54) is 12.8 Å². The lowest BCUT2D eigenvalue weighted by atomic mass is 10.3. The number of hydrogen-bond donors (Lipinski definition) is 1. The summed E-state index contributed by atoms with van der Waals surface area (Å²) in [6.45, 7) is 1.39. The summed E-state index contributed by atoms with van der Waals surface area (Å²) >= 11 is 3.37. The second kappa shape index (κ2) is 6.33. The first-order valence-electron chi connectivity index (χ1n) is 5.77. The molecule has 1 fully saturated rings. The smallest absolute Gasteiger partial charge is 0.139 e. The Morgan fingerprint density at radius 3 is 3.00 bits per heavy atom. The van der Waals surface area contributed by atoms with Crippen LogP contribution in [-0.4, -0.2) is 37.4 Å². The number of methoxy groups -OCH3 is 1. The Balaban J connectivity index is 1.86. The van der Waals surface area contributed by atoms with E-state index >= 15 is 0 Å². The van der Waals surface area contributed by atoms with Crippen molar-refractivity contribution >= 4 is 15.9 Å². The molecule has 1 aromatic rings. The lowest BCUT2D eigenvalue weighted by Gasteiger charge is -2.18. The molecule has 1 saturated carbocycles. The zero-order valence-electron chi connectivity index (χ0n) is 9.86. The lowest BCUT2D eigenvalue weighted by Crippen LogP contribution is -2.35. The molecule has 5 heteroatoms. The summed E-state index contributed by atoms with van der Waals surface area (Å²) in [5.41, 5.74) is 0. The van der Waals surface area contributed by atoms with Gasteiger partial charge < -0.3 is 14.8 Å². The summed E-state index contributed by atoms with van der Waals surface area (Å²) < 4.78 is 11.9. The highest BCUT2D eigenvalue weighted by Crippen LogP contribution is 2.20. The number of aromatic nitrogens is 1.